The van der Waals surface area contributed by atoms with Crippen LogP contribution in [0, 0.1) is 0 Å². The highest BCUT2D eigenvalue weighted by atomic mass is 16.5. The summed E-state index contributed by atoms with van der Waals surface area (Å²) in [6, 6.07) is 26.9. The molecule has 156 valence electrons. The Labute approximate surface area is 182 Å². The van der Waals surface area contributed by atoms with E-state index < -0.39 is 0 Å². The molecule has 0 spiro atoms. The fraction of sp³-hybridized carbons (Fsp3) is 0.192. The molecular formula is C26H25N3O2. The molecule has 1 aliphatic rings. The Morgan fingerprint density at radius 2 is 1.32 bits per heavy atom. The summed E-state index contributed by atoms with van der Waals surface area (Å²) in [7, 11) is 0. The zero-order valence-electron chi connectivity index (χ0n) is 17.6. The molecular weight excluding hydrogens is 386 g/mol. The maximum atomic E-state index is 13.1. The summed E-state index contributed by atoms with van der Waals surface area (Å²) < 4.78 is 5.42. The molecule has 0 saturated carbocycles. The van der Waals surface area contributed by atoms with Gasteiger partial charge in [-0.05, 0) is 24.6 Å². The van der Waals surface area contributed by atoms with E-state index in [1.807, 2.05) is 67.6 Å². The SMILES string of the molecule is C/C(=N/N=C(\C(=O)c1ccccc1)c1ccccc1)c1ccc(N2CCOCC2)cc1. The zero-order valence-corrected chi connectivity index (χ0v) is 17.6. The molecule has 1 aliphatic heterocycles. The minimum Gasteiger partial charge on any atom is -0.378 e. The number of carbonyl (C=O) groups is 1. The monoisotopic (exact) mass is 411 g/mol. The van der Waals surface area contributed by atoms with Crippen LogP contribution in [0.25, 0.3) is 0 Å². The van der Waals surface area contributed by atoms with Crippen LogP contribution in [0.2, 0.25) is 0 Å². The lowest BCUT2D eigenvalue weighted by Gasteiger charge is -2.28. The van der Waals surface area contributed by atoms with E-state index in [9.17, 15) is 4.79 Å². The number of benzene rings is 3. The molecule has 0 atom stereocenters. The highest BCUT2D eigenvalue weighted by molar-refractivity contribution is 6.51. The number of morpholine rings is 1. The van der Waals surface area contributed by atoms with Crippen molar-refractivity contribution in [1.29, 1.82) is 0 Å². The van der Waals surface area contributed by atoms with Crippen LogP contribution in [-0.4, -0.2) is 43.5 Å². The molecule has 0 unspecified atom stereocenters. The maximum Gasteiger partial charge on any atom is 0.213 e. The summed E-state index contributed by atoms with van der Waals surface area (Å²) in [6.07, 6.45) is 0. The van der Waals surface area contributed by atoms with Gasteiger partial charge in [-0.2, -0.15) is 5.10 Å². The van der Waals surface area contributed by atoms with Crippen LogP contribution in [-0.2, 0) is 4.74 Å². The third-order valence-corrected chi connectivity index (χ3v) is 5.26. The summed E-state index contributed by atoms with van der Waals surface area (Å²) in [5.74, 6) is -0.147. The van der Waals surface area contributed by atoms with Gasteiger partial charge in [-0.15, -0.1) is 5.10 Å². The van der Waals surface area contributed by atoms with Crippen molar-refractivity contribution in [1.82, 2.24) is 0 Å². The first kappa shape index (κ1) is 20.7. The Hall–Kier alpha value is -3.57. The van der Waals surface area contributed by atoms with E-state index in [0.717, 1.165) is 43.1 Å². The Morgan fingerprint density at radius 1 is 0.742 bits per heavy atom. The molecule has 3 aromatic rings. The van der Waals surface area contributed by atoms with E-state index >= 15 is 0 Å². The third-order valence-electron chi connectivity index (χ3n) is 5.26. The molecule has 5 nitrogen and oxygen atoms in total. The number of carbonyl (C=O) groups excluding carboxylic acids is 1. The van der Waals surface area contributed by atoms with Crippen LogP contribution in [0.4, 0.5) is 5.69 Å². The van der Waals surface area contributed by atoms with Crippen LogP contribution in [0.5, 0.6) is 0 Å². The Morgan fingerprint density at radius 3 is 1.94 bits per heavy atom. The number of hydrogen-bond acceptors (Lipinski definition) is 5. The van der Waals surface area contributed by atoms with Crippen LogP contribution in [0.15, 0.2) is 95.1 Å². The molecule has 4 rings (SSSR count). The van der Waals surface area contributed by atoms with E-state index in [1.165, 1.54) is 5.69 Å². The molecule has 31 heavy (non-hydrogen) atoms. The molecule has 1 heterocycles. The second-order valence-corrected chi connectivity index (χ2v) is 7.34. The summed E-state index contributed by atoms with van der Waals surface area (Å²) in [5, 5.41) is 8.80. The second-order valence-electron chi connectivity index (χ2n) is 7.34. The Kier molecular flexibility index (Phi) is 6.65. The number of Topliss-reactive ketones (excluding diaryl/α,β-unsaturated/α-hetero) is 1. The minimum atomic E-state index is -0.147. The highest BCUT2D eigenvalue weighted by Crippen LogP contribution is 2.17. The van der Waals surface area contributed by atoms with Crippen molar-refractivity contribution in [2.24, 2.45) is 10.2 Å². The van der Waals surface area contributed by atoms with Gasteiger partial charge in [0.05, 0.1) is 18.9 Å². The largest absolute Gasteiger partial charge is 0.378 e. The van der Waals surface area contributed by atoms with E-state index in [2.05, 4.69) is 27.2 Å². The fourth-order valence-electron chi connectivity index (χ4n) is 3.47. The average Bonchev–Trinajstić information content (AvgIpc) is 2.86. The number of ketones is 1. The molecule has 0 amide bonds. The van der Waals surface area contributed by atoms with Gasteiger partial charge in [0, 0.05) is 29.9 Å². The molecule has 1 saturated heterocycles. The van der Waals surface area contributed by atoms with Gasteiger partial charge in [-0.25, -0.2) is 0 Å². The first-order valence-corrected chi connectivity index (χ1v) is 10.4. The summed E-state index contributed by atoms with van der Waals surface area (Å²) >= 11 is 0. The van der Waals surface area contributed by atoms with Crippen LogP contribution < -0.4 is 4.90 Å². The molecule has 0 N–H and O–H groups in total. The number of anilines is 1. The molecule has 1 fully saturated rings. The van der Waals surface area contributed by atoms with Crippen molar-refractivity contribution in [2.45, 2.75) is 6.92 Å². The third kappa shape index (κ3) is 5.13. The van der Waals surface area contributed by atoms with Gasteiger partial charge in [0.1, 0.15) is 5.71 Å². The van der Waals surface area contributed by atoms with Crippen molar-refractivity contribution in [3.8, 4) is 0 Å². The lowest BCUT2D eigenvalue weighted by Crippen LogP contribution is -2.36. The summed E-state index contributed by atoms with van der Waals surface area (Å²) in [5.41, 5.74) is 4.57. The predicted molar refractivity (Wildman–Crippen MR) is 125 cm³/mol. The van der Waals surface area contributed by atoms with Crippen LogP contribution in [0.3, 0.4) is 0 Å². The van der Waals surface area contributed by atoms with Crippen molar-refractivity contribution in [2.75, 3.05) is 31.2 Å². The van der Waals surface area contributed by atoms with Crippen LogP contribution >= 0.6 is 0 Å². The predicted octanol–water partition coefficient (Wildman–Crippen LogP) is 4.62. The summed E-state index contributed by atoms with van der Waals surface area (Å²) in [4.78, 5) is 15.4. The molecule has 5 heteroatoms. The van der Waals surface area contributed by atoms with E-state index in [1.54, 1.807) is 12.1 Å². The molecule has 0 aromatic heterocycles. The second kappa shape index (κ2) is 9.96. The molecule has 3 aromatic carbocycles. The van der Waals surface area contributed by atoms with E-state index in [-0.39, 0.29) is 5.78 Å². The first-order chi connectivity index (χ1) is 15.2. The highest BCUT2D eigenvalue weighted by Gasteiger charge is 2.16. The smallest absolute Gasteiger partial charge is 0.213 e. The van der Waals surface area contributed by atoms with Crippen molar-refractivity contribution in [3.63, 3.8) is 0 Å². The zero-order chi connectivity index (χ0) is 21.5. The number of nitrogens with zero attached hydrogens (tertiary/aromatic N) is 3. The number of rotatable bonds is 6. The van der Waals surface area contributed by atoms with Gasteiger partial charge in [-0.1, -0.05) is 72.8 Å². The van der Waals surface area contributed by atoms with Gasteiger partial charge in [0.15, 0.2) is 0 Å². The van der Waals surface area contributed by atoms with Crippen molar-refractivity contribution < 1.29 is 9.53 Å². The van der Waals surface area contributed by atoms with Gasteiger partial charge >= 0.3 is 0 Å². The number of ether oxygens (including phenoxy) is 1. The lowest BCUT2D eigenvalue weighted by atomic mass is 10.0. The first-order valence-electron chi connectivity index (χ1n) is 10.4. The quantitative estimate of drug-likeness (QED) is 0.338. The molecule has 0 aliphatic carbocycles. The average molecular weight is 412 g/mol. The maximum absolute atomic E-state index is 13.1. The van der Waals surface area contributed by atoms with E-state index in [0.29, 0.717) is 11.3 Å². The minimum absolute atomic E-state index is 0.147. The molecule has 0 bridgehead atoms. The lowest BCUT2D eigenvalue weighted by molar-refractivity contribution is 0.106. The van der Waals surface area contributed by atoms with Crippen molar-refractivity contribution >= 4 is 22.9 Å². The van der Waals surface area contributed by atoms with Crippen molar-refractivity contribution in [3.05, 3.63) is 102 Å². The molecule has 0 radical (unpaired) electrons. The Bertz CT molecular complexity index is 1070. The normalized spacial score (nSPS) is 15.1. The summed E-state index contributed by atoms with van der Waals surface area (Å²) in [6.45, 7) is 5.23. The standard InChI is InChI=1S/C26H25N3O2/c1-20(21-12-14-24(15-13-21)29-16-18-31-19-17-29)27-28-25(22-8-4-2-5-9-22)26(30)23-10-6-3-7-11-23/h2-15H,16-19H2,1H3/b27-20-,28-25-. The van der Waals surface area contributed by atoms with Gasteiger partial charge in [-0.3, -0.25) is 4.79 Å². The fourth-order valence-corrected chi connectivity index (χ4v) is 3.47. The Balaban J connectivity index is 1.60. The number of hydrogen-bond donors (Lipinski definition) is 0. The van der Waals surface area contributed by atoms with Gasteiger partial charge < -0.3 is 9.64 Å². The van der Waals surface area contributed by atoms with Gasteiger partial charge in [0.25, 0.3) is 0 Å². The van der Waals surface area contributed by atoms with Gasteiger partial charge in [0.2, 0.25) is 5.78 Å². The topological polar surface area (TPSA) is 54.3 Å². The van der Waals surface area contributed by atoms with Crippen LogP contribution in [0.1, 0.15) is 28.4 Å². The van der Waals surface area contributed by atoms with E-state index in [4.69, 9.17) is 4.74 Å².